The molecule has 0 aliphatic rings. The highest BCUT2D eigenvalue weighted by atomic mass is 32.1. The topological polar surface area (TPSA) is 90.4 Å². The third-order valence-electron chi connectivity index (χ3n) is 2.62. The second-order valence-corrected chi connectivity index (χ2v) is 4.79. The molecule has 0 saturated carbocycles. The zero-order valence-electron chi connectivity index (χ0n) is 10.3. The summed E-state index contributed by atoms with van der Waals surface area (Å²) >= 11 is 1.51. The number of benzene rings is 1. The first-order valence-corrected chi connectivity index (χ1v) is 6.38. The minimum Gasteiger partial charge on any atom is -0.496 e. The number of nitro groups is 1. The number of nitrogens with zero attached hydrogens (tertiary/aromatic N) is 1. The fraction of sp³-hybridized carbons (Fsp3) is 0.167. The largest absolute Gasteiger partial charge is 0.496 e. The third kappa shape index (κ3) is 2.94. The number of ether oxygens (including phenoxy) is 1. The lowest BCUT2D eigenvalue weighted by Gasteiger charge is -2.08. The molecule has 1 aromatic carbocycles. The van der Waals surface area contributed by atoms with Crippen molar-refractivity contribution in [2.75, 3.05) is 18.2 Å². The summed E-state index contributed by atoms with van der Waals surface area (Å²) in [6, 6.07) is 6.50. The van der Waals surface area contributed by atoms with Gasteiger partial charge in [0.25, 0.3) is 5.69 Å². The monoisotopic (exact) mass is 279 g/mol. The molecule has 3 N–H and O–H groups in total. The number of methoxy groups -OCH3 is 1. The van der Waals surface area contributed by atoms with Gasteiger partial charge in [-0.15, -0.1) is 11.3 Å². The minimum absolute atomic E-state index is 0.0190. The molecule has 1 heterocycles. The van der Waals surface area contributed by atoms with Crippen molar-refractivity contribution in [3.63, 3.8) is 0 Å². The molecular weight excluding hydrogens is 266 g/mol. The van der Waals surface area contributed by atoms with Crippen molar-refractivity contribution in [3.8, 4) is 5.75 Å². The summed E-state index contributed by atoms with van der Waals surface area (Å²) in [4.78, 5) is 11.5. The van der Waals surface area contributed by atoms with E-state index in [1.54, 1.807) is 12.1 Å². The van der Waals surface area contributed by atoms with Crippen LogP contribution in [0.25, 0.3) is 0 Å². The molecule has 0 saturated heterocycles. The lowest BCUT2D eigenvalue weighted by atomic mass is 10.2. The second-order valence-electron chi connectivity index (χ2n) is 3.79. The first-order valence-electron chi connectivity index (χ1n) is 5.50. The smallest absolute Gasteiger partial charge is 0.296 e. The summed E-state index contributed by atoms with van der Waals surface area (Å²) in [7, 11) is 1.47. The van der Waals surface area contributed by atoms with Gasteiger partial charge in [-0.3, -0.25) is 10.1 Å². The van der Waals surface area contributed by atoms with E-state index in [4.69, 9.17) is 10.5 Å². The summed E-state index contributed by atoms with van der Waals surface area (Å²) < 4.78 is 4.98. The fourth-order valence-corrected chi connectivity index (χ4v) is 2.35. The number of anilines is 2. The molecule has 2 aromatic rings. The van der Waals surface area contributed by atoms with Crippen LogP contribution in [0.4, 0.5) is 17.1 Å². The van der Waals surface area contributed by atoms with E-state index in [-0.39, 0.29) is 5.69 Å². The van der Waals surface area contributed by atoms with Crippen molar-refractivity contribution >= 4 is 28.4 Å². The molecular formula is C12H13N3O3S. The Bertz CT molecular complexity index is 598. The molecule has 0 amide bonds. The van der Waals surface area contributed by atoms with Crippen LogP contribution in [0.2, 0.25) is 0 Å². The van der Waals surface area contributed by atoms with Crippen molar-refractivity contribution in [1.29, 1.82) is 0 Å². The summed E-state index contributed by atoms with van der Waals surface area (Å²) in [5.41, 5.74) is 6.88. The van der Waals surface area contributed by atoms with Crippen LogP contribution in [-0.4, -0.2) is 12.0 Å². The van der Waals surface area contributed by atoms with Gasteiger partial charge in [0, 0.05) is 10.6 Å². The highest BCUT2D eigenvalue weighted by Gasteiger charge is 2.15. The molecule has 0 aliphatic heterocycles. The number of hydrogen-bond acceptors (Lipinski definition) is 6. The first-order chi connectivity index (χ1) is 9.11. The van der Waals surface area contributed by atoms with Gasteiger partial charge < -0.3 is 15.8 Å². The van der Waals surface area contributed by atoms with Crippen molar-refractivity contribution in [1.82, 2.24) is 0 Å². The molecule has 1 aromatic heterocycles. The number of nitrogen functional groups attached to an aromatic ring is 1. The van der Waals surface area contributed by atoms with Crippen LogP contribution in [0.5, 0.6) is 5.75 Å². The van der Waals surface area contributed by atoms with Crippen LogP contribution >= 0.6 is 11.3 Å². The van der Waals surface area contributed by atoms with E-state index in [2.05, 4.69) is 5.32 Å². The van der Waals surface area contributed by atoms with Crippen molar-refractivity contribution in [3.05, 3.63) is 44.6 Å². The van der Waals surface area contributed by atoms with Gasteiger partial charge in [-0.25, -0.2) is 0 Å². The SMILES string of the molecule is COc1ccc(NCc2sccc2N)c([N+](=O)[O-])c1. The molecule has 7 heteroatoms. The molecule has 0 aliphatic carbocycles. The van der Waals surface area contributed by atoms with Gasteiger partial charge in [-0.2, -0.15) is 0 Å². The zero-order chi connectivity index (χ0) is 13.8. The number of nitrogens with two attached hydrogens (primary N) is 1. The quantitative estimate of drug-likeness (QED) is 0.648. The lowest BCUT2D eigenvalue weighted by molar-refractivity contribution is -0.384. The van der Waals surface area contributed by atoms with E-state index in [0.29, 0.717) is 23.7 Å². The Balaban J connectivity index is 2.20. The fourth-order valence-electron chi connectivity index (χ4n) is 1.61. The van der Waals surface area contributed by atoms with Crippen LogP contribution in [0.1, 0.15) is 4.88 Å². The number of nitro benzene ring substituents is 1. The normalized spacial score (nSPS) is 10.2. The molecule has 0 unspecified atom stereocenters. The Morgan fingerprint density at radius 3 is 2.84 bits per heavy atom. The number of hydrogen-bond donors (Lipinski definition) is 2. The van der Waals surface area contributed by atoms with Crippen LogP contribution < -0.4 is 15.8 Å². The Morgan fingerprint density at radius 2 is 2.26 bits per heavy atom. The average Bonchev–Trinajstić information content (AvgIpc) is 2.81. The van der Waals surface area contributed by atoms with E-state index < -0.39 is 4.92 Å². The van der Waals surface area contributed by atoms with E-state index in [0.717, 1.165) is 4.88 Å². The standard InChI is InChI=1S/C12H13N3O3S/c1-18-8-2-3-10(11(6-8)15(16)17)14-7-12-9(13)4-5-19-12/h2-6,14H,7,13H2,1H3. The number of rotatable bonds is 5. The van der Waals surface area contributed by atoms with E-state index >= 15 is 0 Å². The Morgan fingerprint density at radius 1 is 1.47 bits per heavy atom. The van der Waals surface area contributed by atoms with Crippen LogP contribution in [-0.2, 0) is 6.54 Å². The molecule has 0 bridgehead atoms. The van der Waals surface area contributed by atoms with Crippen molar-refractivity contribution in [2.24, 2.45) is 0 Å². The second kappa shape index (κ2) is 5.57. The van der Waals surface area contributed by atoms with Gasteiger partial charge in [0.1, 0.15) is 11.4 Å². The van der Waals surface area contributed by atoms with Crippen LogP contribution in [0.3, 0.4) is 0 Å². The lowest BCUT2D eigenvalue weighted by Crippen LogP contribution is -2.03. The van der Waals surface area contributed by atoms with Crippen molar-refractivity contribution < 1.29 is 9.66 Å². The molecule has 100 valence electrons. The number of nitrogens with one attached hydrogen (secondary N) is 1. The summed E-state index contributed by atoms with van der Waals surface area (Å²) in [5.74, 6) is 0.452. The van der Waals surface area contributed by atoms with E-state index in [1.165, 1.54) is 24.5 Å². The molecule has 0 fully saturated rings. The molecule has 0 atom stereocenters. The van der Waals surface area contributed by atoms with Gasteiger partial charge in [0.05, 0.1) is 24.6 Å². The Hall–Kier alpha value is -2.28. The van der Waals surface area contributed by atoms with E-state index in [9.17, 15) is 10.1 Å². The number of thiophene rings is 1. The molecule has 2 rings (SSSR count). The molecule has 6 nitrogen and oxygen atoms in total. The maximum absolute atomic E-state index is 11.0. The highest BCUT2D eigenvalue weighted by molar-refractivity contribution is 7.10. The van der Waals surface area contributed by atoms with Gasteiger partial charge >= 0.3 is 0 Å². The maximum atomic E-state index is 11.0. The third-order valence-corrected chi connectivity index (χ3v) is 3.56. The first kappa shape index (κ1) is 13.2. The zero-order valence-corrected chi connectivity index (χ0v) is 11.1. The molecule has 19 heavy (non-hydrogen) atoms. The van der Waals surface area contributed by atoms with Gasteiger partial charge in [-0.1, -0.05) is 0 Å². The minimum atomic E-state index is -0.442. The highest BCUT2D eigenvalue weighted by Crippen LogP contribution is 2.30. The summed E-state index contributed by atoms with van der Waals surface area (Å²) in [6.45, 7) is 0.455. The van der Waals surface area contributed by atoms with Gasteiger partial charge in [0.2, 0.25) is 0 Å². The van der Waals surface area contributed by atoms with Crippen LogP contribution in [0.15, 0.2) is 29.6 Å². The predicted molar refractivity (Wildman–Crippen MR) is 75.7 cm³/mol. The summed E-state index contributed by atoms with van der Waals surface area (Å²) in [6.07, 6.45) is 0. The van der Waals surface area contributed by atoms with Crippen LogP contribution in [0, 0.1) is 10.1 Å². The predicted octanol–water partition coefficient (Wildman–Crippen LogP) is 2.86. The summed E-state index contributed by atoms with van der Waals surface area (Å²) in [5, 5.41) is 15.9. The van der Waals surface area contributed by atoms with E-state index in [1.807, 2.05) is 11.4 Å². The molecule has 0 spiro atoms. The molecule has 0 radical (unpaired) electrons. The van der Waals surface area contributed by atoms with Gasteiger partial charge in [0.15, 0.2) is 0 Å². The average molecular weight is 279 g/mol. The van der Waals surface area contributed by atoms with Crippen molar-refractivity contribution in [2.45, 2.75) is 6.54 Å². The Labute approximate surface area is 114 Å². The Kier molecular flexibility index (Phi) is 3.86. The van der Waals surface area contributed by atoms with Gasteiger partial charge in [-0.05, 0) is 23.6 Å². The maximum Gasteiger partial charge on any atom is 0.296 e.